The third kappa shape index (κ3) is 9.45. The lowest BCUT2D eigenvalue weighted by Crippen LogP contribution is -2.47. The molecule has 2 nitrogen and oxygen atoms in total. The molecule has 1 atom stereocenters. The van der Waals surface area contributed by atoms with Crippen LogP contribution in [-0.4, -0.2) is 36.6 Å². The molecule has 0 radical (unpaired) electrons. The van der Waals surface area contributed by atoms with Crippen LogP contribution in [0.3, 0.4) is 0 Å². The maximum atomic E-state index is 3.71. The third-order valence-corrected chi connectivity index (χ3v) is 3.58. The van der Waals surface area contributed by atoms with Crippen molar-refractivity contribution >= 4 is 0 Å². The van der Waals surface area contributed by atoms with Crippen molar-refractivity contribution in [3.05, 3.63) is 0 Å². The molecule has 1 unspecified atom stereocenters. The van der Waals surface area contributed by atoms with Gasteiger partial charge in [-0.1, -0.05) is 34.1 Å². The van der Waals surface area contributed by atoms with Gasteiger partial charge in [-0.25, -0.2) is 0 Å². The van der Waals surface area contributed by atoms with Gasteiger partial charge in [0, 0.05) is 18.6 Å². The minimum absolute atomic E-state index is 0.218. The summed E-state index contributed by atoms with van der Waals surface area (Å²) in [6.45, 7) is 20.9. The molecule has 0 spiro atoms. The van der Waals surface area contributed by atoms with E-state index < -0.39 is 0 Å². The zero-order valence-corrected chi connectivity index (χ0v) is 14.6. The van der Waals surface area contributed by atoms with E-state index in [0.717, 1.165) is 6.54 Å². The van der Waals surface area contributed by atoms with E-state index in [4.69, 9.17) is 0 Å². The Hall–Kier alpha value is -0.0800. The van der Waals surface area contributed by atoms with Gasteiger partial charge < -0.3 is 10.2 Å². The Morgan fingerprint density at radius 1 is 0.842 bits per heavy atom. The topological polar surface area (TPSA) is 15.3 Å². The van der Waals surface area contributed by atoms with Crippen molar-refractivity contribution in [2.24, 2.45) is 5.41 Å². The van der Waals surface area contributed by atoms with Crippen LogP contribution in [0.4, 0.5) is 0 Å². The van der Waals surface area contributed by atoms with Crippen LogP contribution >= 0.6 is 0 Å². The molecule has 0 saturated heterocycles. The van der Waals surface area contributed by atoms with Gasteiger partial charge in [-0.2, -0.15) is 0 Å². The highest BCUT2D eigenvalue weighted by atomic mass is 15.1. The second-order valence-electron chi connectivity index (χ2n) is 7.44. The Kier molecular flexibility index (Phi) is 8.93. The summed E-state index contributed by atoms with van der Waals surface area (Å²) >= 11 is 0. The Bertz CT molecular complexity index is 214. The Labute approximate surface area is 122 Å². The Balaban J connectivity index is 4.56. The minimum Gasteiger partial charge on any atom is -0.311 e. The molecule has 0 aliphatic rings. The van der Waals surface area contributed by atoms with E-state index in [9.17, 15) is 0 Å². The smallest absolute Gasteiger partial charge is 0.00967 e. The van der Waals surface area contributed by atoms with Crippen molar-refractivity contribution in [3.63, 3.8) is 0 Å². The van der Waals surface area contributed by atoms with Crippen LogP contribution in [0.1, 0.15) is 74.1 Å². The van der Waals surface area contributed by atoms with Crippen molar-refractivity contribution in [1.29, 1.82) is 0 Å². The number of nitrogens with one attached hydrogen (secondary N) is 1. The molecule has 2 heteroatoms. The lowest BCUT2D eigenvalue weighted by atomic mass is 9.84. The molecule has 19 heavy (non-hydrogen) atoms. The summed E-state index contributed by atoms with van der Waals surface area (Å²) in [5.41, 5.74) is 0.613. The predicted molar refractivity (Wildman–Crippen MR) is 87.8 cm³/mol. The highest BCUT2D eigenvalue weighted by Gasteiger charge is 2.27. The zero-order chi connectivity index (χ0) is 14.9. The van der Waals surface area contributed by atoms with E-state index in [0.29, 0.717) is 5.41 Å². The number of hydrogen-bond donors (Lipinski definition) is 1. The summed E-state index contributed by atoms with van der Waals surface area (Å²) in [7, 11) is 0. The Morgan fingerprint density at radius 2 is 1.37 bits per heavy atom. The lowest BCUT2D eigenvalue weighted by Gasteiger charge is -2.38. The van der Waals surface area contributed by atoms with Gasteiger partial charge >= 0.3 is 0 Å². The highest BCUT2D eigenvalue weighted by molar-refractivity contribution is 4.84. The first-order valence-electron chi connectivity index (χ1n) is 8.23. The molecule has 0 amide bonds. The van der Waals surface area contributed by atoms with Crippen molar-refractivity contribution in [1.82, 2.24) is 10.2 Å². The van der Waals surface area contributed by atoms with Crippen LogP contribution in [0, 0.1) is 5.41 Å². The number of rotatable bonds is 10. The maximum absolute atomic E-state index is 3.71. The molecule has 0 aromatic heterocycles. The molecule has 0 aliphatic carbocycles. The van der Waals surface area contributed by atoms with Gasteiger partial charge in [-0.3, -0.25) is 0 Å². The van der Waals surface area contributed by atoms with Crippen LogP contribution < -0.4 is 5.32 Å². The molecular formula is C17H38N2. The van der Waals surface area contributed by atoms with Crippen LogP contribution in [0.25, 0.3) is 0 Å². The summed E-state index contributed by atoms with van der Waals surface area (Å²) in [4.78, 5) is 2.65. The second-order valence-corrected chi connectivity index (χ2v) is 7.44. The molecule has 0 aromatic rings. The van der Waals surface area contributed by atoms with E-state index >= 15 is 0 Å². The largest absolute Gasteiger partial charge is 0.311 e. The molecule has 0 rings (SSSR count). The van der Waals surface area contributed by atoms with E-state index in [2.05, 4.69) is 58.7 Å². The van der Waals surface area contributed by atoms with Gasteiger partial charge in [-0.05, 0) is 58.5 Å². The first kappa shape index (κ1) is 18.9. The predicted octanol–water partition coefficient (Wildman–Crippen LogP) is 4.30. The summed E-state index contributed by atoms with van der Waals surface area (Å²) in [5, 5.41) is 3.71. The molecule has 1 N–H and O–H groups in total. The van der Waals surface area contributed by atoms with Crippen LogP contribution in [-0.2, 0) is 0 Å². The SMILES string of the molecule is CCCN(CCC)CC(C)(CCC)CNC(C)(C)C. The fourth-order valence-electron chi connectivity index (χ4n) is 2.75. The van der Waals surface area contributed by atoms with E-state index in [-0.39, 0.29) is 5.54 Å². The maximum Gasteiger partial charge on any atom is 0.00967 e. The average molecular weight is 271 g/mol. The molecule has 0 fully saturated rings. The summed E-state index contributed by atoms with van der Waals surface area (Å²) in [6, 6.07) is 0. The monoisotopic (exact) mass is 270 g/mol. The molecule has 0 aromatic carbocycles. The average Bonchev–Trinajstić information content (AvgIpc) is 2.27. The minimum atomic E-state index is 0.218. The second kappa shape index (κ2) is 8.97. The summed E-state index contributed by atoms with van der Waals surface area (Å²) < 4.78 is 0. The highest BCUT2D eigenvalue weighted by Crippen LogP contribution is 2.25. The first-order chi connectivity index (χ1) is 8.76. The molecule has 0 aliphatic heterocycles. The van der Waals surface area contributed by atoms with Gasteiger partial charge in [0.1, 0.15) is 0 Å². The Morgan fingerprint density at radius 3 is 1.74 bits per heavy atom. The van der Waals surface area contributed by atoms with E-state index in [1.807, 2.05) is 0 Å². The number of hydrogen-bond acceptors (Lipinski definition) is 2. The quantitative estimate of drug-likeness (QED) is 0.636. The van der Waals surface area contributed by atoms with Gasteiger partial charge in [0.2, 0.25) is 0 Å². The summed E-state index contributed by atoms with van der Waals surface area (Å²) in [6.07, 6.45) is 5.10. The third-order valence-electron chi connectivity index (χ3n) is 3.58. The van der Waals surface area contributed by atoms with Crippen molar-refractivity contribution in [3.8, 4) is 0 Å². The standard InChI is InChI=1S/C17H38N2/c1-8-11-17(7,14-18-16(4,5)6)15-19(12-9-2)13-10-3/h18H,8-15H2,1-7H3. The van der Waals surface area contributed by atoms with E-state index in [1.165, 1.54) is 45.3 Å². The fourth-order valence-corrected chi connectivity index (χ4v) is 2.75. The molecule has 0 heterocycles. The van der Waals surface area contributed by atoms with Gasteiger partial charge in [0.05, 0.1) is 0 Å². The molecular weight excluding hydrogens is 232 g/mol. The molecule has 0 bridgehead atoms. The van der Waals surface area contributed by atoms with Gasteiger partial charge in [-0.15, -0.1) is 0 Å². The van der Waals surface area contributed by atoms with Crippen LogP contribution in [0.15, 0.2) is 0 Å². The van der Waals surface area contributed by atoms with Gasteiger partial charge in [0.25, 0.3) is 0 Å². The molecule has 0 saturated carbocycles. The lowest BCUT2D eigenvalue weighted by molar-refractivity contribution is 0.140. The van der Waals surface area contributed by atoms with E-state index in [1.54, 1.807) is 0 Å². The van der Waals surface area contributed by atoms with Gasteiger partial charge in [0.15, 0.2) is 0 Å². The van der Waals surface area contributed by atoms with Crippen molar-refractivity contribution < 1.29 is 0 Å². The van der Waals surface area contributed by atoms with Crippen molar-refractivity contribution in [2.75, 3.05) is 26.2 Å². The van der Waals surface area contributed by atoms with Crippen molar-refractivity contribution in [2.45, 2.75) is 79.7 Å². The first-order valence-corrected chi connectivity index (χ1v) is 8.23. The normalized spacial score (nSPS) is 15.8. The summed E-state index contributed by atoms with van der Waals surface area (Å²) in [5.74, 6) is 0. The van der Waals surface area contributed by atoms with Crippen LogP contribution in [0.2, 0.25) is 0 Å². The molecule has 116 valence electrons. The fraction of sp³-hybridized carbons (Fsp3) is 1.00. The number of nitrogens with zero attached hydrogens (tertiary/aromatic N) is 1. The van der Waals surface area contributed by atoms with Crippen LogP contribution in [0.5, 0.6) is 0 Å². The zero-order valence-electron chi connectivity index (χ0n) is 14.6.